The topological polar surface area (TPSA) is 67.2 Å². The maximum Gasteiger partial charge on any atom is 0.294 e. The van der Waals surface area contributed by atoms with Crippen LogP contribution >= 0.6 is 0 Å². The fourth-order valence-corrected chi connectivity index (χ4v) is 4.63. The molecular weight excluding hydrogens is 443 g/mol. The lowest BCUT2D eigenvalue weighted by atomic mass is 9.97. The van der Waals surface area contributed by atoms with Crippen molar-refractivity contribution in [2.75, 3.05) is 18.0 Å². The van der Waals surface area contributed by atoms with Crippen LogP contribution in [-0.2, 0) is 17.9 Å². The monoisotopic (exact) mass is 470 g/mol. The van der Waals surface area contributed by atoms with Gasteiger partial charge in [0, 0.05) is 19.6 Å². The summed E-state index contributed by atoms with van der Waals surface area (Å²) in [6.45, 7) is 1.90. The SMILES string of the molecule is O=C(NCc1ccc(F)cc1)[C@H]1CCCN(c2nc3ccccc3n(Cc3ccccc3)c2=O)C1. The molecule has 178 valence electrons. The maximum atomic E-state index is 13.6. The third kappa shape index (κ3) is 5.09. The minimum absolute atomic E-state index is 0.0653. The van der Waals surface area contributed by atoms with Crippen LogP contribution in [0.25, 0.3) is 11.0 Å². The molecule has 4 aromatic rings. The molecular formula is C28H27FN4O2. The number of benzene rings is 3. The normalized spacial score (nSPS) is 15.8. The van der Waals surface area contributed by atoms with E-state index in [0.29, 0.717) is 32.0 Å². The summed E-state index contributed by atoms with van der Waals surface area (Å²) in [7, 11) is 0. The van der Waals surface area contributed by atoms with Crippen molar-refractivity contribution in [1.82, 2.24) is 14.9 Å². The first-order valence-corrected chi connectivity index (χ1v) is 11.9. The zero-order chi connectivity index (χ0) is 24.2. The highest BCUT2D eigenvalue weighted by Crippen LogP contribution is 2.22. The molecule has 1 fully saturated rings. The second kappa shape index (κ2) is 10.1. The van der Waals surface area contributed by atoms with Crippen molar-refractivity contribution in [1.29, 1.82) is 0 Å². The average Bonchev–Trinajstić information content (AvgIpc) is 2.90. The number of carbonyl (C=O) groups excluding carboxylic acids is 1. The Hall–Kier alpha value is -4.00. The molecule has 1 N–H and O–H groups in total. The molecule has 5 rings (SSSR count). The first-order valence-electron chi connectivity index (χ1n) is 11.9. The Balaban J connectivity index is 1.38. The first-order chi connectivity index (χ1) is 17.1. The smallest absolute Gasteiger partial charge is 0.294 e. The number of carbonyl (C=O) groups is 1. The summed E-state index contributed by atoms with van der Waals surface area (Å²) < 4.78 is 14.9. The van der Waals surface area contributed by atoms with Crippen molar-refractivity contribution < 1.29 is 9.18 Å². The molecule has 1 aliphatic rings. The second-order valence-corrected chi connectivity index (χ2v) is 8.93. The molecule has 1 aromatic heterocycles. The maximum absolute atomic E-state index is 13.6. The molecule has 7 heteroatoms. The standard InChI is InChI=1S/C28H27FN4O2/c29-23-14-12-20(13-15-23)17-30-27(34)22-9-6-16-32(19-22)26-28(35)33(18-21-7-2-1-3-8-21)25-11-5-4-10-24(25)31-26/h1-5,7-8,10-15,22H,6,9,16-19H2,(H,30,34)/t22-/m0/s1. The van der Waals surface area contributed by atoms with Crippen LogP contribution in [0.5, 0.6) is 0 Å². The number of amides is 1. The van der Waals surface area contributed by atoms with Gasteiger partial charge in [-0.25, -0.2) is 9.37 Å². The molecule has 0 radical (unpaired) electrons. The minimum Gasteiger partial charge on any atom is -0.352 e. The lowest BCUT2D eigenvalue weighted by molar-refractivity contribution is -0.125. The van der Waals surface area contributed by atoms with Crippen LogP contribution in [0.15, 0.2) is 83.7 Å². The molecule has 1 saturated heterocycles. The van der Waals surface area contributed by atoms with Crippen molar-refractivity contribution in [3.05, 3.63) is 106 Å². The van der Waals surface area contributed by atoms with Gasteiger partial charge < -0.3 is 10.2 Å². The molecule has 0 bridgehead atoms. The molecule has 1 amide bonds. The number of piperidine rings is 1. The number of hydrogen-bond donors (Lipinski definition) is 1. The Morgan fingerprint density at radius 3 is 2.51 bits per heavy atom. The van der Waals surface area contributed by atoms with E-state index in [1.165, 1.54) is 12.1 Å². The molecule has 6 nitrogen and oxygen atoms in total. The van der Waals surface area contributed by atoms with Gasteiger partial charge in [0.25, 0.3) is 5.56 Å². The Morgan fingerprint density at radius 2 is 1.71 bits per heavy atom. The molecule has 0 saturated carbocycles. The van der Waals surface area contributed by atoms with Crippen LogP contribution < -0.4 is 15.8 Å². The van der Waals surface area contributed by atoms with Gasteiger partial charge >= 0.3 is 0 Å². The number of aromatic nitrogens is 2. The fraction of sp³-hybridized carbons (Fsp3) is 0.250. The quantitative estimate of drug-likeness (QED) is 0.461. The van der Waals surface area contributed by atoms with Gasteiger partial charge in [-0.3, -0.25) is 14.2 Å². The van der Waals surface area contributed by atoms with Crippen molar-refractivity contribution in [2.45, 2.75) is 25.9 Å². The lowest BCUT2D eigenvalue weighted by Gasteiger charge is -2.32. The number of nitrogens with zero attached hydrogens (tertiary/aromatic N) is 3. The molecule has 3 aromatic carbocycles. The number of anilines is 1. The molecule has 0 aliphatic carbocycles. The summed E-state index contributed by atoms with van der Waals surface area (Å²) in [6.07, 6.45) is 1.54. The highest BCUT2D eigenvalue weighted by Gasteiger charge is 2.28. The number of halogens is 1. The number of hydrogen-bond acceptors (Lipinski definition) is 4. The number of fused-ring (bicyclic) bond motifs is 1. The van der Waals surface area contributed by atoms with E-state index in [9.17, 15) is 14.0 Å². The highest BCUT2D eigenvalue weighted by atomic mass is 19.1. The van der Waals surface area contributed by atoms with E-state index in [2.05, 4.69) is 5.32 Å². The van der Waals surface area contributed by atoms with Crippen LogP contribution in [0, 0.1) is 11.7 Å². The minimum atomic E-state index is -0.302. The first kappa shape index (κ1) is 22.8. The summed E-state index contributed by atoms with van der Waals surface area (Å²) in [5.74, 6) is -0.233. The summed E-state index contributed by atoms with van der Waals surface area (Å²) in [5.41, 5.74) is 3.26. The van der Waals surface area contributed by atoms with E-state index >= 15 is 0 Å². The largest absolute Gasteiger partial charge is 0.352 e. The zero-order valence-corrected chi connectivity index (χ0v) is 19.4. The third-order valence-corrected chi connectivity index (χ3v) is 6.49. The Labute approximate surface area is 203 Å². The third-order valence-electron chi connectivity index (χ3n) is 6.49. The second-order valence-electron chi connectivity index (χ2n) is 8.93. The van der Waals surface area contributed by atoms with Crippen LogP contribution in [0.3, 0.4) is 0 Å². The number of rotatable bonds is 6. The predicted octanol–water partition coefficient (Wildman–Crippen LogP) is 4.12. The van der Waals surface area contributed by atoms with Gasteiger partial charge in [-0.1, -0.05) is 54.6 Å². The number of para-hydroxylation sites is 2. The number of nitrogens with one attached hydrogen (secondary N) is 1. The highest BCUT2D eigenvalue weighted by molar-refractivity contribution is 5.80. The van der Waals surface area contributed by atoms with Gasteiger partial charge in [0.15, 0.2) is 5.82 Å². The van der Waals surface area contributed by atoms with Crippen LogP contribution in [0.1, 0.15) is 24.0 Å². The van der Waals surface area contributed by atoms with Gasteiger partial charge in [0.2, 0.25) is 5.91 Å². The summed E-state index contributed by atoms with van der Waals surface area (Å²) in [4.78, 5) is 33.2. The van der Waals surface area contributed by atoms with Gasteiger partial charge in [-0.2, -0.15) is 0 Å². The van der Waals surface area contributed by atoms with Crippen molar-refractivity contribution in [2.24, 2.45) is 5.92 Å². The molecule has 1 atom stereocenters. The van der Waals surface area contributed by atoms with Crippen molar-refractivity contribution in [3.63, 3.8) is 0 Å². The summed E-state index contributed by atoms with van der Waals surface area (Å²) >= 11 is 0. The van der Waals surface area contributed by atoms with E-state index < -0.39 is 0 Å². The van der Waals surface area contributed by atoms with Crippen molar-refractivity contribution in [3.8, 4) is 0 Å². The van der Waals surface area contributed by atoms with E-state index in [1.54, 1.807) is 16.7 Å². The summed E-state index contributed by atoms with van der Waals surface area (Å²) in [5, 5.41) is 2.96. The average molecular weight is 471 g/mol. The van der Waals surface area contributed by atoms with Crippen molar-refractivity contribution >= 4 is 22.8 Å². The fourth-order valence-electron chi connectivity index (χ4n) is 4.63. The van der Waals surface area contributed by atoms with E-state index in [0.717, 1.165) is 35.0 Å². The molecule has 2 heterocycles. The molecule has 0 spiro atoms. The molecule has 35 heavy (non-hydrogen) atoms. The Morgan fingerprint density at radius 1 is 0.971 bits per heavy atom. The van der Waals surface area contributed by atoms with E-state index in [4.69, 9.17) is 4.98 Å². The van der Waals surface area contributed by atoms with Crippen LogP contribution in [-0.4, -0.2) is 28.5 Å². The van der Waals surface area contributed by atoms with E-state index in [1.807, 2.05) is 59.5 Å². The van der Waals surface area contributed by atoms with Gasteiger partial charge in [0.1, 0.15) is 5.82 Å². The van der Waals surface area contributed by atoms with Gasteiger partial charge in [-0.15, -0.1) is 0 Å². The van der Waals surface area contributed by atoms with Gasteiger partial charge in [0.05, 0.1) is 23.5 Å². The zero-order valence-electron chi connectivity index (χ0n) is 19.4. The molecule has 1 aliphatic heterocycles. The van der Waals surface area contributed by atoms with Crippen LogP contribution in [0.4, 0.5) is 10.2 Å². The summed E-state index contributed by atoms with van der Waals surface area (Å²) in [6, 6.07) is 23.6. The molecule has 0 unspecified atom stereocenters. The van der Waals surface area contributed by atoms with Gasteiger partial charge in [-0.05, 0) is 48.2 Å². The Kier molecular flexibility index (Phi) is 6.57. The predicted molar refractivity (Wildman–Crippen MR) is 135 cm³/mol. The Bertz CT molecular complexity index is 1390. The van der Waals surface area contributed by atoms with Crippen LogP contribution in [0.2, 0.25) is 0 Å². The lowest BCUT2D eigenvalue weighted by Crippen LogP contribution is -2.45. The van der Waals surface area contributed by atoms with E-state index in [-0.39, 0.29) is 23.2 Å².